The molecule has 1 fully saturated rings. The predicted molar refractivity (Wildman–Crippen MR) is 93.8 cm³/mol. The van der Waals surface area contributed by atoms with Gasteiger partial charge in [-0.15, -0.1) is 0 Å². The Balaban J connectivity index is 2.22. The van der Waals surface area contributed by atoms with Crippen LogP contribution in [0, 0.1) is 0 Å². The van der Waals surface area contributed by atoms with E-state index < -0.39 is 0 Å². The maximum absolute atomic E-state index is 12.4. The topological polar surface area (TPSA) is 42.4 Å². The molecule has 1 aliphatic heterocycles. The average molecular weight is 353 g/mol. The Morgan fingerprint density at radius 1 is 1.26 bits per heavy atom. The number of esters is 1. The van der Waals surface area contributed by atoms with Gasteiger partial charge in [0.05, 0.1) is 27.9 Å². The number of halogens is 2. The molecule has 1 saturated heterocycles. The fraction of sp³-hybridized carbons (Fsp3) is 0.412. The summed E-state index contributed by atoms with van der Waals surface area (Å²) < 4.78 is 5.20. The summed E-state index contributed by atoms with van der Waals surface area (Å²) in [5.41, 5.74) is 1.96. The molecule has 0 unspecified atom stereocenters. The molecule has 2 heterocycles. The highest BCUT2D eigenvalue weighted by atomic mass is 35.5. The number of fused-ring (bicyclic) bond motifs is 1. The number of piperidine rings is 1. The minimum absolute atomic E-state index is 0.331. The lowest BCUT2D eigenvalue weighted by Gasteiger charge is -2.31. The number of aromatic nitrogens is 1. The molecule has 122 valence electrons. The van der Waals surface area contributed by atoms with Crippen molar-refractivity contribution in [3.63, 3.8) is 0 Å². The van der Waals surface area contributed by atoms with Gasteiger partial charge >= 0.3 is 5.97 Å². The average Bonchev–Trinajstić information content (AvgIpc) is 2.58. The monoisotopic (exact) mass is 352 g/mol. The number of rotatable bonds is 3. The SMILES string of the molecule is CCOC(=O)c1cnc2c(Cl)c(Cl)ccc2c1N1CCCCC1. The van der Waals surface area contributed by atoms with Crippen LogP contribution in [0.15, 0.2) is 18.3 Å². The molecule has 1 aromatic carbocycles. The van der Waals surface area contributed by atoms with Crippen LogP contribution in [0.3, 0.4) is 0 Å². The Labute approximate surface area is 145 Å². The van der Waals surface area contributed by atoms with E-state index in [1.807, 2.05) is 6.07 Å². The highest BCUT2D eigenvalue weighted by Crippen LogP contribution is 2.37. The summed E-state index contributed by atoms with van der Waals surface area (Å²) in [6, 6.07) is 3.62. The van der Waals surface area contributed by atoms with Crippen LogP contribution < -0.4 is 4.90 Å². The quantitative estimate of drug-likeness (QED) is 0.750. The van der Waals surface area contributed by atoms with Gasteiger partial charge in [-0.05, 0) is 38.3 Å². The van der Waals surface area contributed by atoms with Crippen LogP contribution in [0.4, 0.5) is 5.69 Å². The number of carbonyl (C=O) groups excluding carboxylic acids is 1. The van der Waals surface area contributed by atoms with Crippen LogP contribution >= 0.6 is 23.2 Å². The normalized spacial score (nSPS) is 15.0. The molecule has 0 atom stereocenters. The first-order chi connectivity index (χ1) is 11.1. The molecule has 1 aromatic heterocycles. The van der Waals surface area contributed by atoms with Crippen LogP contribution in [0.1, 0.15) is 36.5 Å². The molecule has 0 aliphatic carbocycles. The van der Waals surface area contributed by atoms with Crippen LogP contribution in [0.25, 0.3) is 10.9 Å². The zero-order valence-electron chi connectivity index (χ0n) is 12.9. The van der Waals surface area contributed by atoms with Crippen LogP contribution in [0.5, 0.6) is 0 Å². The minimum Gasteiger partial charge on any atom is -0.462 e. The Morgan fingerprint density at radius 2 is 2.00 bits per heavy atom. The molecule has 6 heteroatoms. The van der Waals surface area contributed by atoms with Gasteiger partial charge in [-0.3, -0.25) is 4.98 Å². The van der Waals surface area contributed by atoms with Gasteiger partial charge in [-0.2, -0.15) is 0 Å². The molecule has 0 amide bonds. The second-order valence-corrected chi connectivity index (χ2v) is 6.33. The third-order valence-electron chi connectivity index (χ3n) is 4.07. The van der Waals surface area contributed by atoms with E-state index in [4.69, 9.17) is 27.9 Å². The van der Waals surface area contributed by atoms with Crippen LogP contribution in [0.2, 0.25) is 10.0 Å². The van der Waals surface area contributed by atoms with E-state index in [1.165, 1.54) is 6.42 Å². The maximum Gasteiger partial charge on any atom is 0.341 e. The van der Waals surface area contributed by atoms with E-state index in [9.17, 15) is 4.79 Å². The molecule has 2 aromatic rings. The maximum atomic E-state index is 12.4. The van der Waals surface area contributed by atoms with Crippen molar-refractivity contribution in [1.29, 1.82) is 0 Å². The second-order valence-electron chi connectivity index (χ2n) is 5.55. The van der Waals surface area contributed by atoms with Crippen LogP contribution in [-0.4, -0.2) is 30.6 Å². The lowest BCUT2D eigenvalue weighted by atomic mass is 10.0. The van der Waals surface area contributed by atoms with Gasteiger partial charge in [0.15, 0.2) is 0 Å². The number of hydrogen-bond donors (Lipinski definition) is 0. The summed E-state index contributed by atoms with van der Waals surface area (Å²) in [4.78, 5) is 18.9. The third kappa shape index (κ3) is 3.10. The summed E-state index contributed by atoms with van der Waals surface area (Å²) in [7, 11) is 0. The van der Waals surface area contributed by atoms with E-state index in [0.29, 0.717) is 27.7 Å². The molecule has 0 radical (unpaired) electrons. The first-order valence-electron chi connectivity index (χ1n) is 7.82. The van der Waals surface area contributed by atoms with Gasteiger partial charge in [0.1, 0.15) is 5.56 Å². The lowest BCUT2D eigenvalue weighted by molar-refractivity contribution is 0.0526. The van der Waals surface area contributed by atoms with Gasteiger partial charge in [-0.1, -0.05) is 23.2 Å². The first kappa shape index (κ1) is 16.3. The number of nitrogens with zero attached hydrogens (tertiary/aromatic N) is 2. The third-order valence-corrected chi connectivity index (χ3v) is 4.86. The van der Waals surface area contributed by atoms with Gasteiger partial charge in [0, 0.05) is 24.7 Å². The Bertz CT molecular complexity index is 743. The molecule has 4 nitrogen and oxygen atoms in total. The standard InChI is InChI=1S/C17H18Cl2N2O2/c1-2-23-17(22)12-10-20-15-11(6-7-13(18)14(15)19)16(12)21-8-4-3-5-9-21/h6-7,10H,2-5,8-9H2,1H3. The number of anilines is 1. The molecule has 0 N–H and O–H groups in total. The van der Waals surface area contributed by atoms with E-state index in [2.05, 4.69) is 9.88 Å². The highest BCUT2D eigenvalue weighted by Gasteiger charge is 2.24. The number of benzene rings is 1. The summed E-state index contributed by atoms with van der Waals surface area (Å²) in [6.45, 7) is 3.94. The number of carbonyl (C=O) groups is 1. The summed E-state index contributed by atoms with van der Waals surface area (Å²) >= 11 is 12.4. The molecule has 1 aliphatic rings. The molecular formula is C17H18Cl2N2O2. The Morgan fingerprint density at radius 3 is 2.70 bits per heavy atom. The molecule has 0 bridgehead atoms. The molecule has 0 spiro atoms. The molecule has 23 heavy (non-hydrogen) atoms. The van der Waals surface area contributed by atoms with Gasteiger partial charge in [0.25, 0.3) is 0 Å². The van der Waals surface area contributed by atoms with Crippen molar-refractivity contribution >= 4 is 45.8 Å². The van der Waals surface area contributed by atoms with Crippen LogP contribution in [-0.2, 0) is 4.74 Å². The van der Waals surface area contributed by atoms with E-state index in [1.54, 1.807) is 19.2 Å². The molecule has 3 rings (SSSR count). The van der Waals surface area contributed by atoms with Gasteiger partial charge in [0.2, 0.25) is 0 Å². The van der Waals surface area contributed by atoms with Crippen molar-refractivity contribution in [2.45, 2.75) is 26.2 Å². The Hall–Kier alpha value is -1.52. The van der Waals surface area contributed by atoms with Gasteiger partial charge < -0.3 is 9.64 Å². The zero-order valence-corrected chi connectivity index (χ0v) is 14.5. The predicted octanol–water partition coefficient (Wildman–Crippen LogP) is 4.71. The molecule has 0 saturated carbocycles. The largest absolute Gasteiger partial charge is 0.462 e. The highest BCUT2D eigenvalue weighted by molar-refractivity contribution is 6.45. The van der Waals surface area contributed by atoms with Crippen molar-refractivity contribution in [1.82, 2.24) is 4.98 Å². The van der Waals surface area contributed by atoms with Crippen molar-refractivity contribution in [3.05, 3.63) is 33.9 Å². The van der Waals surface area contributed by atoms with E-state index >= 15 is 0 Å². The van der Waals surface area contributed by atoms with Crippen molar-refractivity contribution in [3.8, 4) is 0 Å². The number of ether oxygens (including phenoxy) is 1. The van der Waals surface area contributed by atoms with Crippen molar-refractivity contribution < 1.29 is 9.53 Å². The fourth-order valence-electron chi connectivity index (χ4n) is 3.01. The summed E-state index contributed by atoms with van der Waals surface area (Å²) in [5.74, 6) is -0.353. The second kappa shape index (κ2) is 6.93. The summed E-state index contributed by atoms with van der Waals surface area (Å²) in [5, 5.41) is 1.71. The van der Waals surface area contributed by atoms with Gasteiger partial charge in [-0.25, -0.2) is 4.79 Å². The van der Waals surface area contributed by atoms with Crippen molar-refractivity contribution in [2.75, 3.05) is 24.6 Å². The number of pyridine rings is 1. The lowest BCUT2D eigenvalue weighted by Crippen LogP contribution is -2.31. The molecular weight excluding hydrogens is 335 g/mol. The Kier molecular flexibility index (Phi) is 4.93. The first-order valence-corrected chi connectivity index (χ1v) is 8.58. The van der Waals surface area contributed by atoms with E-state index in [0.717, 1.165) is 37.0 Å². The summed E-state index contributed by atoms with van der Waals surface area (Å²) in [6.07, 6.45) is 4.97. The minimum atomic E-state index is -0.353. The van der Waals surface area contributed by atoms with Crippen molar-refractivity contribution in [2.24, 2.45) is 0 Å². The number of hydrogen-bond acceptors (Lipinski definition) is 4. The fourth-order valence-corrected chi connectivity index (χ4v) is 3.38. The zero-order chi connectivity index (χ0) is 16.4. The smallest absolute Gasteiger partial charge is 0.341 e. The van der Waals surface area contributed by atoms with E-state index in [-0.39, 0.29) is 5.97 Å².